The Morgan fingerprint density at radius 1 is 1.44 bits per heavy atom. The number of nitrogens with zero attached hydrogens (tertiary/aromatic N) is 1. The van der Waals surface area contributed by atoms with Crippen LogP contribution in [0.25, 0.3) is 0 Å². The minimum atomic E-state index is 0.0965. The molecule has 2 bridgehead atoms. The first-order valence-electron chi connectivity index (χ1n) is 6.69. The molecule has 3 rings (SSSR count). The van der Waals surface area contributed by atoms with E-state index in [1.165, 1.54) is 11.1 Å². The molecule has 3 heteroatoms. The van der Waals surface area contributed by atoms with Crippen molar-refractivity contribution in [3.63, 3.8) is 0 Å². The average molecular weight is 246 g/mol. The largest absolute Gasteiger partial charge is 0.497 e. The third-order valence-corrected chi connectivity index (χ3v) is 5.06. The topological polar surface area (TPSA) is 38.5 Å². The zero-order valence-corrected chi connectivity index (χ0v) is 11.4. The summed E-state index contributed by atoms with van der Waals surface area (Å²) < 4.78 is 5.37. The Kier molecular flexibility index (Phi) is 2.65. The maximum Gasteiger partial charge on any atom is 0.119 e. The monoisotopic (exact) mass is 246 g/mol. The summed E-state index contributed by atoms with van der Waals surface area (Å²) >= 11 is 0. The van der Waals surface area contributed by atoms with Crippen molar-refractivity contribution >= 4 is 0 Å². The van der Waals surface area contributed by atoms with Gasteiger partial charge in [-0.2, -0.15) is 0 Å². The number of likely N-dealkylation sites (N-methyl/N-ethyl adjacent to an activating group) is 1. The quantitative estimate of drug-likeness (QED) is 0.817. The van der Waals surface area contributed by atoms with Gasteiger partial charge in [0.1, 0.15) is 5.75 Å². The van der Waals surface area contributed by atoms with Crippen molar-refractivity contribution in [2.75, 3.05) is 20.7 Å². The maximum atomic E-state index is 6.53. The number of piperidine rings is 1. The van der Waals surface area contributed by atoms with Gasteiger partial charge in [0.05, 0.1) is 7.11 Å². The van der Waals surface area contributed by atoms with Crippen molar-refractivity contribution in [2.45, 2.75) is 37.3 Å². The lowest BCUT2D eigenvalue weighted by molar-refractivity contribution is 0.0861. The van der Waals surface area contributed by atoms with Crippen LogP contribution in [-0.2, 0) is 11.8 Å². The molecule has 98 valence electrons. The highest BCUT2D eigenvalue weighted by Gasteiger charge is 2.48. The number of rotatable bonds is 1. The predicted molar refractivity (Wildman–Crippen MR) is 73.1 cm³/mol. The fourth-order valence-corrected chi connectivity index (χ4v) is 3.65. The molecule has 2 N–H and O–H groups in total. The highest BCUT2D eigenvalue weighted by atomic mass is 16.5. The molecule has 0 spiro atoms. The summed E-state index contributed by atoms with van der Waals surface area (Å²) in [5.41, 5.74) is 9.47. The van der Waals surface area contributed by atoms with Gasteiger partial charge in [-0.25, -0.2) is 0 Å². The summed E-state index contributed by atoms with van der Waals surface area (Å²) in [6.45, 7) is 3.45. The van der Waals surface area contributed by atoms with Crippen LogP contribution in [0.15, 0.2) is 18.2 Å². The Balaban J connectivity index is 2.13. The minimum Gasteiger partial charge on any atom is -0.497 e. The predicted octanol–water partition coefficient (Wildman–Crippen LogP) is 1.54. The summed E-state index contributed by atoms with van der Waals surface area (Å²) in [4.78, 5) is 2.42. The van der Waals surface area contributed by atoms with Gasteiger partial charge < -0.3 is 15.4 Å². The molecular weight excluding hydrogens is 224 g/mol. The smallest absolute Gasteiger partial charge is 0.119 e. The summed E-state index contributed by atoms with van der Waals surface area (Å²) in [7, 11) is 3.92. The van der Waals surface area contributed by atoms with Gasteiger partial charge in [0.2, 0.25) is 0 Å². The first-order chi connectivity index (χ1) is 8.56. The van der Waals surface area contributed by atoms with Gasteiger partial charge in [0, 0.05) is 17.5 Å². The molecule has 1 heterocycles. The van der Waals surface area contributed by atoms with Gasteiger partial charge in [-0.1, -0.05) is 13.0 Å². The molecule has 1 aromatic rings. The Labute approximate surface area is 109 Å². The lowest BCUT2D eigenvalue weighted by atomic mass is 9.62. The molecule has 2 aliphatic rings. The molecule has 1 aliphatic heterocycles. The second-order valence-corrected chi connectivity index (χ2v) is 5.97. The molecule has 1 aliphatic carbocycles. The third kappa shape index (κ3) is 1.50. The van der Waals surface area contributed by atoms with E-state index in [9.17, 15) is 0 Å². The zero-order valence-electron chi connectivity index (χ0n) is 11.4. The second-order valence-electron chi connectivity index (χ2n) is 5.97. The lowest BCUT2D eigenvalue weighted by Crippen LogP contribution is -2.64. The Hall–Kier alpha value is -1.06. The van der Waals surface area contributed by atoms with Crippen molar-refractivity contribution < 1.29 is 4.74 Å². The number of ether oxygens (including phenoxy) is 1. The van der Waals surface area contributed by atoms with E-state index in [1.807, 2.05) is 0 Å². The van der Waals surface area contributed by atoms with Crippen LogP contribution >= 0.6 is 0 Å². The molecule has 0 unspecified atom stereocenters. The van der Waals surface area contributed by atoms with Crippen molar-refractivity contribution in [2.24, 2.45) is 5.73 Å². The normalized spacial score (nSPS) is 35.1. The Morgan fingerprint density at radius 2 is 2.22 bits per heavy atom. The van der Waals surface area contributed by atoms with Crippen LogP contribution in [0.1, 0.15) is 24.5 Å². The number of fused-ring (bicyclic) bond motifs is 4. The van der Waals surface area contributed by atoms with Gasteiger partial charge in [-0.15, -0.1) is 0 Å². The highest BCUT2D eigenvalue weighted by molar-refractivity contribution is 5.45. The Morgan fingerprint density at radius 3 is 2.94 bits per heavy atom. The van der Waals surface area contributed by atoms with Crippen molar-refractivity contribution in [1.29, 1.82) is 0 Å². The lowest BCUT2D eigenvalue weighted by Gasteiger charge is -2.53. The number of hydrogen-bond donors (Lipinski definition) is 1. The van der Waals surface area contributed by atoms with Crippen LogP contribution < -0.4 is 10.5 Å². The molecule has 0 aromatic heterocycles. The van der Waals surface area contributed by atoms with Crippen LogP contribution in [0.5, 0.6) is 5.75 Å². The van der Waals surface area contributed by atoms with E-state index < -0.39 is 0 Å². The number of nitrogens with two attached hydrogens (primary N) is 1. The molecule has 1 saturated heterocycles. The first-order valence-corrected chi connectivity index (χ1v) is 6.69. The Bertz CT molecular complexity index is 474. The molecule has 3 atom stereocenters. The molecule has 1 fully saturated rings. The van der Waals surface area contributed by atoms with Crippen molar-refractivity contribution in [1.82, 2.24) is 4.90 Å². The highest BCUT2D eigenvalue weighted by Crippen LogP contribution is 2.44. The van der Waals surface area contributed by atoms with Gasteiger partial charge in [0.15, 0.2) is 0 Å². The van der Waals surface area contributed by atoms with Gasteiger partial charge >= 0.3 is 0 Å². The van der Waals surface area contributed by atoms with E-state index in [0.717, 1.165) is 25.1 Å². The number of likely N-dealkylation sites (tertiary alicyclic amines) is 1. The number of hydrogen-bond acceptors (Lipinski definition) is 3. The van der Waals surface area contributed by atoms with E-state index in [1.54, 1.807) is 7.11 Å². The van der Waals surface area contributed by atoms with Gasteiger partial charge in [-0.05, 0) is 49.7 Å². The zero-order chi connectivity index (χ0) is 12.9. The van der Waals surface area contributed by atoms with Crippen LogP contribution in [0, 0.1) is 0 Å². The van der Waals surface area contributed by atoms with Gasteiger partial charge in [0.25, 0.3) is 0 Å². The summed E-state index contributed by atoms with van der Waals surface area (Å²) in [5, 5.41) is 0. The minimum absolute atomic E-state index is 0.0965. The summed E-state index contributed by atoms with van der Waals surface area (Å²) in [5.74, 6) is 0.944. The molecule has 0 radical (unpaired) electrons. The fraction of sp³-hybridized carbons (Fsp3) is 0.600. The molecule has 3 nitrogen and oxygen atoms in total. The standard InChI is InChI=1S/C15H22N2O/c1-15-6-7-17(2)13(14(15)16)8-10-4-5-11(18-3)9-12(10)15/h4-5,9,13-14H,6-8,16H2,1-3H3/t13-,14-,15-/m1/s1. The van der Waals surface area contributed by atoms with Crippen LogP contribution in [0.2, 0.25) is 0 Å². The van der Waals surface area contributed by atoms with Gasteiger partial charge in [-0.3, -0.25) is 0 Å². The fourth-order valence-electron chi connectivity index (χ4n) is 3.65. The summed E-state index contributed by atoms with van der Waals surface area (Å²) in [6, 6.07) is 7.16. The molecule has 0 saturated carbocycles. The number of benzene rings is 1. The van der Waals surface area contributed by atoms with E-state index in [2.05, 4.69) is 37.1 Å². The second kappa shape index (κ2) is 3.97. The first kappa shape index (κ1) is 12.0. The van der Waals surface area contributed by atoms with Crippen molar-refractivity contribution in [3.05, 3.63) is 29.3 Å². The van der Waals surface area contributed by atoms with E-state index >= 15 is 0 Å². The van der Waals surface area contributed by atoms with E-state index in [-0.39, 0.29) is 11.5 Å². The van der Waals surface area contributed by atoms with Crippen LogP contribution in [0.3, 0.4) is 0 Å². The third-order valence-electron chi connectivity index (χ3n) is 5.06. The molecule has 0 amide bonds. The number of methoxy groups -OCH3 is 1. The molecule has 1 aromatic carbocycles. The average Bonchev–Trinajstić information content (AvgIpc) is 2.38. The van der Waals surface area contributed by atoms with Crippen LogP contribution in [0.4, 0.5) is 0 Å². The molecule has 18 heavy (non-hydrogen) atoms. The van der Waals surface area contributed by atoms with E-state index in [4.69, 9.17) is 10.5 Å². The van der Waals surface area contributed by atoms with Crippen molar-refractivity contribution in [3.8, 4) is 5.75 Å². The SMILES string of the molecule is COc1ccc2c(c1)[C@@]1(C)CCN(C)[C@H](C2)[C@H]1N. The molecular formula is C15H22N2O. The van der Waals surface area contributed by atoms with E-state index in [0.29, 0.717) is 6.04 Å². The summed E-state index contributed by atoms with van der Waals surface area (Å²) in [6.07, 6.45) is 2.19. The maximum absolute atomic E-state index is 6.53. The van der Waals surface area contributed by atoms with Crippen LogP contribution in [-0.4, -0.2) is 37.7 Å².